The Bertz CT molecular complexity index is 1330. The number of thiophene rings is 2. The molecule has 0 bridgehead atoms. The molecule has 0 saturated carbocycles. The molecule has 0 nitrogen and oxygen atoms in total. The zero-order valence-corrected chi connectivity index (χ0v) is 15.8. The van der Waals surface area contributed by atoms with E-state index in [0.29, 0.717) is 0 Å². The molecular formula is C24H16S2. The Hall–Kier alpha value is -2.42. The maximum Gasteiger partial charge on any atom is 0.0355 e. The summed E-state index contributed by atoms with van der Waals surface area (Å²) in [6.45, 7) is 0. The molecule has 5 aromatic rings. The summed E-state index contributed by atoms with van der Waals surface area (Å²) in [6, 6.07) is 22.6. The Balaban J connectivity index is 1.58. The molecule has 124 valence electrons. The van der Waals surface area contributed by atoms with Crippen LogP contribution in [-0.4, -0.2) is 0 Å². The van der Waals surface area contributed by atoms with Gasteiger partial charge in [0.05, 0.1) is 0 Å². The van der Waals surface area contributed by atoms with Gasteiger partial charge >= 0.3 is 0 Å². The third-order valence-corrected chi connectivity index (χ3v) is 7.73. The van der Waals surface area contributed by atoms with Crippen molar-refractivity contribution in [1.29, 1.82) is 0 Å². The quantitative estimate of drug-likeness (QED) is 0.282. The molecule has 0 atom stereocenters. The number of hydrogen-bond acceptors (Lipinski definition) is 2. The Morgan fingerprint density at radius 1 is 0.654 bits per heavy atom. The molecule has 0 unspecified atom stereocenters. The normalized spacial score (nSPS) is 13.7. The highest BCUT2D eigenvalue weighted by molar-refractivity contribution is 7.25. The minimum absolute atomic E-state index is 1.18. The lowest BCUT2D eigenvalue weighted by Crippen LogP contribution is -1.87. The molecular weight excluding hydrogens is 352 g/mol. The number of benzene rings is 3. The molecule has 2 heteroatoms. The number of rotatable bonds is 1. The van der Waals surface area contributed by atoms with Crippen molar-refractivity contribution in [3.05, 3.63) is 77.2 Å². The third-order valence-electron chi connectivity index (χ3n) is 5.34. The molecule has 0 saturated heterocycles. The predicted octanol–water partition coefficient (Wildman–Crippen LogP) is 7.90. The average molecular weight is 369 g/mol. The van der Waals surface area contributed by atoms with Crippen molar-refractivity contribution >= 4 is 59.0 Å². The number of aryl methyl sites for hydroxylation is 1. The highest BCUT2D eigenvalue weighted by Gasteiger charge is 2.13. The van der Waals surface area contributed by atoms with Gasteiger partial charge in [0, 0.05) is 35.1 Å². The largest absolute Gasteiger partial charge is 0.140 e. The van der Waals surface area contributed by atoms with E-state index < -0.39 is 0 Å². The predicted molar refractivity (Wildman–Crippen MR) is 118 cm³/mol. The molecule has 0 radical (unpaired) electrons. The lowest BCUT2D eigenvalue weighted by molar-refractivity contribution is 1.02. The molecule has 0 spiro atoms. The number of hydrogen-bond donors (Lipinski definition) is 0. The van der Waals surface area contributed by atoms with Gasteiger partial charge in [-0.15, -0.1) is 22.7 Å². The van der Waals surface area contributed by atoms with Crippen LogP contribution in [0.15, 0.2) is 66.7 Å². The molecule has 1 aliphatic rings. The first kappa shape index (κ1) is 14.7. The van der Waals surface area contributed by atoms with Gasteiger partial charge in [0.1, 0.15) is 0 Å². The smallest absolute Gasteiger partial charge is 0.0355 e. The molecule has 0 amide bonds. The molecule has 26 heavy (non-hydrogen) atoms. The number of allylic oxidation sites excluding steroid dienone is 1. The van der Waals surface area contributed by atoms with Gasteiger partial charge < -0.3 is 0 Å². The zero-order chi connectivity index (χ0) is 17.1. The van der Waals surface area contributed by atoms with Crippen LogP contribution in [0.3, 0.4) is 0 Å². The first-order valence-electron chi connectivity index (χ1n) is 9.00. The van der Waals surface area contributed by atoms with Crippen LogP contribution < -0.4 is 0 Å². The van der Waals surface area contributed by atoms with Crippen molar-refractivity contribution in [2.75, 3.05) is 0 Å². The van der Waals surface area contributed by atoms with E-state index in [1.165, 1.54) is 59.8 Å². The summed E-state index contributed by atoms with van der Waals surface area (Å²) in [4.78, 5) is 1.54. The molecule has 0 aliphatic heterocycles. The van der Waals surface area contributed by atoms with Crippen LogP contribution in [0.1, 0.15) is 16.9 Å². The minimum Gasteiger partial charge on any atom is -0.140 e. The molecule has 6 rings (SSSR count). The van der Waals surface area contributed by atoms with Crippen molar-refractivity contribution in [2.45, 2.75) is 12.8 Å². The third kappa shape index (κ3) is 2.13. The second-order valence-electron chi connectivity index (χ2n) is 6.90. The summed E-state index contributed by atoms with van der Waals surface area (Å²) in [7, 11) is 0. The van der Waals surface area contributed by atoms with Gasteiger partial charge in [-0.2, -0.15) is 0 Å². The lowest BCUT2D eigenvalue weighted by atomic mass is 9.98. The Morgan fingerprint density at radius 2 is 1.38 bits per heavy atom. The highest BCUT2D eigenvalue weighted by atomic mass is 32.1. The van der Waals surface area contributed by atoms with E-state index in [1.807, 2.05) is 22.7 Å². The van der Waals surface area contributed by atoms with Crippen molar-refractivity contribution in [2.24, 2.45) is 0 Å². The summed E-state index contributed by atoms with van der Waals surface area (Å²) < 4.78 is 4.14. The van der Waals surface area contributed by atoms with Gasteiger partial charge in [0.2, 0.25) is 0 Å². The average Bonchev–Trinajstić information content (AvgIpc) is 3.25. The SMILES string of the molecule is C1=Cc2c(sc3ccc(-c4ccc5sc6ccccc6c5c4)cc23)CC1. The first-order chi connectivity index (χ1) is 12.9. The lowest BCUT2D eigenvalue weighted by Gasteiger charge is -2.06. The number of fused-ring (bicyclic) bond motifs is 6. The maximum absolute atomic E-state index is 2.38. The van der Waals surface area contributed by atoms with E-state index in [0.717, 1.165) is 0 Å². The highest BCUT2D eigenvalue weighted by Crippen LogP contribution is 2.40. The minimum atomic E-state index is 1.18. The van der Waals surface area contributed by atoms with Gasteiger partial charge in [-0.1, -0.05) is 42.5 Å². The Morgan fingerprint density at radius 3 is 2.27 bits per heavy atom. The fourth-order valence-electron chi connectivity index (χ4n) is 4.04. The van der Waals surface area contributed by atoms with Crippen molar-refractivity contribution < 1.29 is 0 Å². The van der Waals surface area contributed by atoms with Crippen LogP contribution in [0.5, 0.6) is 0 Å². The molecule has 0 fully saturated rings. The Labute approximate surface area is 160 Å². The summed E-state index contributed by atoms with van der Waals surface area (Å²) in [5.41, 5.74) is 4.07. The fraction of sp³-hybridized carbons (Fsp3) is 0.0833. The summed E-state index contributed by atoms with van der Waals surface area (Å²) >= 11 is 3.84. The van der Waals surface area contributed by atoms with E-state index in [9.17, 15) is 0 Å². The van der Waals surface area contributed by atoms with Crippen LogP contribution in [0.2, 0.25) is 0 Å². The first-order valence-corrected chi connectivity index (χ1v) is 10.6. The van der Waals surface area contributed by atoms with Crippen molar-refractivity contribution in [3.63, 3.8) is 0 Å². The van der Waals surface area contributed by atoms with E-state index in [-0.39, 0.29) is 0 Å². The van der Waals surface area contributed by atoms with E-state index in [4.69, 9.17) is 0 Å². The monoisotopic (exact) mass is 368 g/mol. The second kappa shape index (κ2) is 5.54. The molecule has 3 aromatic carbocycles. The van der Waals surface area contributed by atoms with Crippen LogP contribution >= 0.6 is 22.7 Å². The van der Waals surface area contributed by atoms with Gasteiger partial charge in [-0.05, 0) is 59.9 Å². The van der Waals surface area contributed by atoms with Crippen molar-refractivity contribution in [1.82, 2.24) is 0 Å². The summed E-state index contributed by atoms with van der Waals surface area (Å²) in [5.74, 6) is 0. The topological polar surface area (TPSA) is 0 Å². The van der Waals surface area contributed by atoms with Crippen LogP contribution in [0, 0.1) is 0 Å². The van der Waals surface area contributed by atoms with Gasteiger partial charge in [0.25, 0.3) is 0 Å². The van der Waals surface area contributed by atoms with Crippen molar-refractivity contribution in [3.8, 4) is 11.1 Å². The maximum atomic E-state index is 2.38. The molecule has 1 aliphatic carbocycles. The summed E-state index contributed by atoms with van der Waals surface area (Å²) in [5, 5.41) is 4.15. The van der Waals surface area contributed by atoms with E-state index >= 15 is 0 Å². The second-order valence-corrected chi connectivity index (χ2v) is 9.12. The zero-order valence-electron chi connectivity index (χ0n) is 14.2. The van der Waals surface area contributed by atoms with Gasteiger partial charge in [-0.3, -0.25) is 0 Å². The van der Waals surface area contributed by atoms with Gasteiger partial charge in [-0.25, -0.2) is 0 Å². The molecule has 2 aromatic heterocycles. The Kier molecular flexibility index (Phi) is 3.13. The standard InChI is InChI=1S/C24H16S2/c1-3-7-21-17(5-1)19-13-15(9-11-23(19)25-21)16-10-12-24-20(14-16)18-6-2-4-8-22(18)26-24/h1-3,5-7,9-14H,4,8H2. The van der Waals surface area contributed by atoms with Crippen LogP contribution in [0.4, 0.5) is 0 Å². The molecule has 0 N–H and O–H groups in total. The van der Waals surface area contributed by atoms with E-state index in [1.54, 1.807) is 4.88 Å². The van der Waals surface area contributed by atoms with E-state index in [2.05, 4.69) is 72.8 Å². The van der Waals surface area contributed by atoms with Crippen LogP contribution in [-0.2, 0) is 6.42 Å². The molecule has 2 heterocycles. The van der Waals surface area contributed by atoms with Gasteiger partial charge in [0.15, 0.2) is 0 Å². The summed E-state index contributed by atoms with van der Waals surface area (Å²) in [6.07, 6.45) is 6.99. The fourth-order valence-corrected chi connectivity index (χ4v) is 6.31. The van der Waals surface area contributed by atoms with Crippen LogP contribution in [0.25, 0.3) is 47.5 Å².